The van der Waals surface area contributed by atoms with Gasteiger partial charge in [-0.15, -0.1) is 0 Å². The topological polar surface area (TPSA) is 84.2 Å². The third kappa shape index (κ3) is 4.85. The van der Waals surface area contributed by atoms with Gasteiger partial charge in [0.25, 0.3) is 0 Å². The van der Waals surface area contributed by atoms with Crippen LogP contribution in [0.2, 0.25) is 0 Å². The van der Waals surface area contributed by atoms with E-state index >= 15 is 0 Å². The Morgan fingerprint density at radius 1 is 1.33 bits per heavy atom. The zero-order valence-corrected chi connectivity index (χ0v) is 11.7. The van der Waals surface area contributed by atoms with Crippen LogP contribution in [0.5, 0.6) is 0 Å². The molecule has 0 heterocycles. The van der Waals surface area contributed by atoms with E-state index in [1.165, 1.54) is 0 Å². The second-order valence-corrected chi connectivity index (χ2v) is 4.83. The third-order valence-electron chi connectivity index (χ3n) is 2.35. The summed E-state index contributed by atoms with van der Waals surface area (Å²) < 4.78 is 0.936. The molecule has 4 N–H and O–H groups in total. The lowest BCUT2D eigenvalue weighted by Gasteiger charge is -2.10. The minimum atomic E-state index is -0.287. The summed E-state index contributed by atoms with van der Waals surface area (Å²) in [6.07, 6.45) is 0. The van der Waals surface area contributed by atoms with Crippen molar-refractivity contribution >= 4 is 33.4 Å². The molecule has 0 saturated carbocycles. The molecule has 0 bridgehead atoms. The van der Waals surface area contributed by atoms with Crippen molar-refractivity contribution in [2.24, 2.45) is 11.7 Å². The summed E-state index contributed by atoms with van der Waals surface area (Å²) in [5.41, 5.74) is 6.04. The highest BCUT2D eigenvalue weighted by atomic mass is 79.9. The van der Waals surface area contributed by atoms with E-state index < -0.39 is 0 Å². The highest BCUT2D eigenvalue weighted by Gasteiger charge is 2.11. The number of hydrogen-bond donors (Lipinski definition) is 3. The molecule has 0 spiro atoms. The van der Waals surface area contributed by atoms with Crippen LogP contribution in [0, 0.1) is 5.92 Å². The fourth-order valence-corrected chi connectivity index (χ4v) is 1.45. The van der Waals surface area contributed by atoms with Crippen LogP contribution < -0.4 is 16.4 Å². The standard InChI is InChI=1S/C12H16BrN3O2/c1-8(6-14)12(18)15-7-11(17)16-10-4-2-9(13)3-5-10/h2-5,8H,6-7,14H2,1H3,(H,15,18)(H,16,17). The molecular formula is C12H16BrN3O2. The van der Waals surface area contributed by atoms with Gasteiger partial charge in [-0.25, -0.2) is 0 Å². The lowest BCUT2D eigenvalue weighted by molar-refractivity contribution is -0.126. The van der Waals surface area contributed by atoms with E-state index in [-0.39, 0.29) is 30.8 Å². The number of benzene rings is 1. The molecule has 2 amide bonds. The fraction of sp³-hybridized carbons (Fsp3) is 0.333. The monoisotopic (exact) mass is 313 g/mol. The van der Waals surface area contributed by atoms with Crippen LogP contribution >= 0.6 is 15.9 Å². The summed E-state index contributed by atoms with van der Waals surface area (Å²) in [6.45, 7) is 1.92. The Morgan fingerprint density at radius 3 is 2.50 bits per heavy atom. The van der Waals surface area contributed by atoms with Gasteiger partial charge in [0, 0.05) is 22.6 Å². The summed E-state index contributed by atoms with van der Waals surface area (Å²) in [4.78, 5) is 22.9. The Labute approximate surface area is 114 Å². The summed E-state index contributed by atoms with van der Waals surface area (Å²) in [7, 11) is 0. The van der Waals surface area contributed by atoms with E-state index in [0.29, 0.717) is 5.69 Å². The number of carbonyl (C=O) groups excluding carboxylic acids is 2. The van der Waals surface area contributed by atoms with E-state index in [9.17, 15) is 9.59 Å². The predicted octanol–water partition coefficient (Wildman–Crippen LogP) is 1.10. The van der Waals surface area contributed by atoms with Crippen LogP contribution in [0.25, 0.3) is 0 Å². The maximum Gasteiger partial charge on any atom is 0.243 e. The molecule has 0 saturated heterocycles. The number of amides is 2. The number of carbonyl (C=O) groups is 2. The van der Waals surface area contributed by atoms with Gasteiger partial charge in [-0.3, -0.25) is 9.59 Å². The van der Waals surface area contributed by atoms with Crippen LogP contribution in [0.1, 0.15) is 6.92 Å². The molecule has 18 heavy (non-hydrogen) atoms. The fourth-order valence-electron chi connectivity index (χ4n) is 1.19. The summed E-state index contributed by atoms with van der Waals surface area (Å²) >= 11 is 3.30. The smallest absolute Gasteiger partial charge is 0.243 e. The molecule has 0 aliphatic heterocycles. The summed E-state index contributed by atoms with van der Waals surface area (Å²) in [6, 6.07) is 7.19. The molecular weight excluding hydrogens is 298 g/mol. The van der Waals surface area contributed by atoms with Gasteiger partial charge in [0.05, 0.1) is 6.54 Å². The molecule has 0 aliphatic carbocycles. The summed E-state index contributed by atoms with van der Waals surface area (Å²) in [5.74, 6) is -0.774. The van der Waals surface area contributed by atoms with Crippen molar-refractivity contribution in [2.75, 3.05) is 18.4 Å². The van der Waals surface area contributed by atoms with Crippen molar-refractivity contribution in [2.45, 2.75) is 6.92 Å². The van der Waals surface area contributed by atoms with Crippen molar-refractivity contribution in [3.8, 4) is 0 Å². The molecule has 1 aromatic rings. The highest BCUT2D eigenvalue weighted by Crippen LogP contribution is 2.13. The molecule has 1 unspecified atom stereocenters. The van der Waals surface area contributed by atoms with E-state index in [0.717, 1.165) is 4.47 Å². The molecule has 0 aromatic heterocycles. The molecule has 98 valence electrons. The quantitative estimate of drug-likeness (QED) is 0.761. The van der Waals surface area contributed by atoms with Crippen LogP contribution in [0.4, 0.5) is 5.69 Å². The molecule has 5 nitrogen and oxygen atoms in total. The van der Waals surface area contributed by atoms with E-state index in [1.807, 2.05) is 12.1 Å². The van der Waals surface area contributed by atoms with Gasteiger partial charge in [-0.1, -0.05) is 22.9 Å². The largest absolute Gasteiger partial charge is 0.347 e. The lowest BCUT2D eigenvalue weighted by atomic mass is 10.2. The van der Waals surface area contributed by atoms with Gasteiger partial charge in [-0.2, -0.15) is 0 Å². The number of rotatable bonds is 5. The van der Waals surface area contributed by atoms with Crippen molar-refractivity contribution < 1.29 is 9.59 Å². The minimum Gasteiger partial charge on any atom is -0.347 e. The van der Waals surface area contributed by atoms with Gasteiger partial charge < -0.3 is 16.4 Å². The third-order valence-corrected chi connectivity index (χ3v) is 2.88. The molecule has 1 rings (SSSR count). The second kappa shape index (κ2) is 7.13. The average molecular weight is 314 g/mol. The number of halogens is 1. The Balaban J connectivity index is 2.38. The molecule has 0 radical (unpaired) electrons. The van der Waals surface area contributed by atoms with Gasteiger partial charge >= 0.3 is 0 Å². The first-order valence-corrected chi connectivity index (χ1v) is 6.35. The van der Waals surface area contributed by atoms with Crippen LogP contribution in [-0.2, 0) is 9.59 Å². The zero-order chi connectivity index (χ0) is 13.5. The highest BCUT2D eigenvalue weighted by molar-refractivity contribution is 9.10. The van der Waals surface area contributed by atoms with Crippen molar-refractivity contribution in [3.05, 3.63) is 28.7 Å². The molecule has 1 atom stereocenters. The van der Waals surface area contributed by atoms with Crippen molar-refractivity contribution in [1.82, 2.24) is 5.32 Å². The maximum absolute atomic E-state index is 11.5. The Hall–Kier alpha value is -1.40. The summed E-state index contributed by atoms with van der Waals surface area (Å²) in [5, 5.41) is 5.20. The van der Waals surface area contributed by atoms with Crippen molar-refractivity contribution in [1.29, 1.82) is 0 Å². The number of nitrogens with two attached hydrogens (primary N) is 1. The van der Waals surface area contributed by atoms with E-state index in [2.05, 4.69) is 26.6 Å². The second-order valence-electron chi connectivity index (χ2n) is 3.91. The number of nitrogens with one attached hydrogen (secondary N) is 2. The SMILES string of the molecule is CC(CN)C(=O)NCC(=O)Nc1ccc(Br)cc1. The lowest BCUT2D eigenvalue weighted by Crippen LogP contribution is -2.38. The minimum absolute atomic E-state index is 0.0563. The van der Waals surface area contributed by atoms with Crippen LogP contribution in [0.3, 0.4) is 0 Å². The normalized spacial score (nSPS) is 11.7. The molecule has 0 fully saturated rings. The van der Waals surface area contributed by atoms with E-state index in [4.69, 9.17) is 5.73 Å². The Kier molecular flexibility index (Phi) is 5.80. The first kappa shape index (κ1) is 14.7. The van der Waals surface area contributed by atoms with E-state index in [1.54, 1.807) is 19.1 Å². The molecule has 0 aliphatic rings. The van der Waals surface area contributed by atoms with Crippen LogP contribution in [-0.4, -0.2) is 24.9 Å². The average Bonchev–Trinajstić information content (AvgIpc) is 2.37. The predicted molar refractivity (Wildman–Crippen MR) is 74.0 cm³/mol. The van der Waals surface area contributed by atoms with Gasteiger partial charge in [-0.05, 0) is 24.3 Å². The molecule has 6 heteroatoms. The van der Waals surface area contributed by atoms with Gasteiger partial charge in [0.1, 0.15) is 0 Å². The van der Waals surface area contributed by atoms with Crippen molar-refractivity contribution in [3.63, 3.8) is 0 Å². The first-order valence-electron chi connectivity index (χ1n) is 5.56. The molecule has 1 aromatic carbocycles. The van der Waals surface area contributed by atoms with Crippen LogP contribution in [0.15, 0.2) is 28.7 Å². The zero-order valence-electron chi connectivity index (χ0n) is 10.1. The number of anilines is 1. The Bertz CT molecular complexity index is 420. The van der Waals surface area contributed by atoms with Gasteiger partial charge in [0.15, 0.2) is 0 Å². The maximum atomic E-state index is 11.5. The number of hydrogen-bond acceptors (Lipinski definition) is 3. The first-order chi connectivity index (χ1) is 8.52. The Morgan fingerprint density at radius 2 is 1.94 bits per heavy atom. The van der Waals surface area contributed by atoms with Gasteiger partial charge in [0.2, 0.25) is 11.8 Å².